The number of nitrogens with one attached hydrogen (secondary N) is 1. The van der Waals surface area contributed by atoms with Crippen molar-refractivity contribution in [3.8, 4) is 16.8 Å². The molecular weight excluding hydrogens is 451 g/mol. The monoisotopic (exact) mass is 476 g/mol. The number of carbonyl (C=O) groups is 1. The lowest BCUT2D eigenvalue weighted by Gasteiger charge is -2.38. The first-order chi connectivity index (χ1) is 16.9. The number of aromatic nitrogens is 4. The molecule has 0 unspecified atom stereocenters. The summed E-state index contributed by atoms with van der Waals surface area (Å²) >= 11 is 0. The molecular formula is C25H25FN6O3. The van der Waals surface area contributed by atoms with E-state index in [1.165, 1.54) is 29.2 Å². The van der Waals surface area contributed by atoms with Gasteiger partial charge in [0.05, 0.1) is 24.0 Å². The minimum Gasteiger partial charge on any atom is -0.388 e. The van der Waals surface area contributed by atoms with Crippen molar-refractivity contribution in [1.29, 1.82) is 0 Å². The molecule has 0 aliphatic carbocycles. The summed E-state index contributed by atoms with van der Waals surface area (Å²) in [5, 5.41) is 18.3. The van der Waals surface area contributed by atoms with E-state index in [2.05, 4.69) is 15.4 Å². The molecule has 1 aliphatic heterocycles. The smallest absolute Gasteiger partial charge is 0.317 e. The molecule has 0 atom stereocenters. The number of urea groups is 1. The van der Waals surface area contributed by atoms with Crippen molar-refractivity contribution in [2.45, 2.75) is 25.0 Å². The van der Waals surface area contributed by atoms with E-state index in [1.54, 1.807) is 28.8 Å². The van der Waals surface area contributed by atoms with E-state index >= 15 is 0 Å². The molecule has 5 rings (SSSR count). The molecule has 1 saturated heterocycles. The number of likely N-dealkylation sites (tertiary alicyclic amines) is 1. The van der Waals surface area contributed by atoms with Gasteiger partial charge >= 0.3 is 6.03 Å². The number of halogens is 1. The first kappa shape index (κ1) is 22.7. The minimum atomic E-state index is -1.10. The molecule has 0 spiro atoms. The number of piperidine rings is 1. The van der Waals surface area contributed by atoms with Crippen LogP contribution in [0.25, 0.3) is 27.8 Å². The molecule has 4 aromatic rings. The van der Waals surface area contributed by atoms with E-state index in [1.807, 2.05) is 24.3 Å². The largest absolute Gasteiger partial charge is 0.388 e. The Bertz CT molecular complexity index is 1420. The maximum Gasteiger partial charge on any atom is 0.317 e. The summed E-state index contributed by atoms with van der Waals surface area (Å²) in [6.07, 6.45) is 3.64. The van der Waals surface area contributed by atoms with Crippen LogP contribution in [0.5, 0.6) is 0 Å². The van der Waals surface area contributed by atoms with Crippen LogP contribution in [-0.4, -0.2) is 61.1 Å². The molecule has 2 N–H and O–H groups in total. The van der Waals surface area contributed by atoms with Crippen LogP contribution in [0.2, 0.25) is 0 Å². The number of benzene rings is 2. The first-order valence-corrected chi connectivity index (χ1v) is 11.4. The molecule has 1 aliphatic rings. The molecule has 2 amide bonds. The van der Waals surface area contributed by atoms with Crippen LogP contribution in [0.1, 0.15) is 12.8 Å². The number of rotatable bonds is 4. The van der Waals surface area contributed by atoms with Crippen LogP contribution >= 0.6 is 0 Å². The lowest BCUT2D eigenvalue weighted by atomic mass is 9.91. The van der Waals surface area contributed by atoms with Gasteiger partial charge in [0.1, 0.15) is 17.5 Å². The normalized spacial score (nSPS) is 15.3. The van der Waals surface area contributed by atoms with Gasteiger partial charge in [0.15, 0.2) is 5.65 Å². The molecule has 9 nitrogen and oxygen atoms in total. The molecule has 3 heterocycles. The predicted molar refractivity (Wildman–Crippen MR) is 129 cm³/mol. The van der Waals surface area contributed by atoms with Crippen molar-refractivity contribution < 1.29 is 14.3 Å². The summed E-state index contributed by atoms with van der Waals surface area (Å²) in [7, 11) is 1.57. The summed E-state index contributed by atoms with van der Waals surface area (Å²) in [4.78, 5) is 31.0. The molecule has 35 heavy (non-hydrogen) atoms. The highest BCUT2D eigenvalue weighted by Crippen LogP contribution is 2.25. The van der Waals surface area contributed by atoms with Crippen molar-refractivity contribution in [1.82, 2.24) is 29.5 Å². The van der Waals surface area contributed by atoms with Gasteiger partial charge in [0, 0.05) is 20.1 Å². The highest BCUT2D eigenvalue weighted by molar-refractivity contribution is 5.75. The van der Waals surface area contributed by atoms with E-state index in [0.29, 0.717) is 37.0 Å². The third kappa shape index (κ3) is 4.40. The summed E-state index contributed by atoms with van der Waals surface area (Å²) in [6, 6.07) is 13.6. The predicted octanol–water partition coefficient (Wildman–Crippen LogP) is 2.55. The average molecular weight is 477 g/mol. The number of hydrogen-bond acceptors (Lipinski definition) is 5. The van der Waals surface area contributed by atoms with Gasteiger partial charge in [0.2, 0.25) is 0 Å². The molecule has 0 radical (unpaired) electrons. The van der Waals surface area contributed by atoms with Crippen LogP contribution in [-0.2, 0) is 6.54 Å². The second kappa shape index (κ2) is 8.95. The fourth-order valence-corrected chi connectivity index (χ4v) is 4.45. The Morgan fingerprint density at radius 2 is 1.71 bits per heavy atom. The summed E-state index contributed by atoms with van der Waals surface area (Å²) < 4.78 is 16.2. The van der Waals surface area contributed by atoms with Gasteiger partial charge < -0.3 is 15.3 Å². The number of carbonyl (C=O) groups excluding carboxylic acids is 1. The quantitative estimate of drug-likeness (QED) is 0.471. The molecule has 0 saturated carbocycles. The Kier molecular flexibility index (Phi) is 5.81. The number of hydrogen-bond donors (Lipinski definition) is 2. The van der Waals surface area contributed by atoms with E-state index in [9.17, 15) is 19.1 Å². The number of fused-ring (bicyclic) bond motifs is 1. The number of aliphatic hydroxyl groups is 1. The number of amides is 2. The Hall–Kier alpha value is -4.05. The highest BCUT2D eigenvalue weighted by Gasteiger charge is 2.34. The number of nitrogens with zero attached hydrogens (tertiary/aromatic N) is 5. The van der Waals surface area contributed by atoms with Crippen molar-refractivity contribution >= 4 is 17.1 Å². The Balaban J connectivity index is 1.37. The molecule has 1 fully saturated rings. The third-order valence-corrected chi connectivity index (χ3v) is 6.50. The fraction of sp³-hybridized carbons (Fsp3) is 0.280. The molecule has 2 aromatic heterocycles. The summed E-state index contributed by atoms with van der Waals surface area (Å²) in [5.74, 6) is -0.286. The van der Waals surface area contributed by atoms with E-state index in [4.69, 9.17) is 0 Å². The van der Waals surface area contributed by atoms with Gasteiger partial charge in [-0.1, -0.05) is 24.3 Å². The lowest BCUT2D eigenvalue weighted by Crippen LogP contribution is -2.51. The van der Waals surface area contributed by atoms with Crippen LogP contribution in [0.3, 0.4) is 0 Å². The van der Waals surface area contributed by atoms with Crippen molar-refractivity contribution in [2.75, 3.05) is 20.1 Å². The molecule has 10 heteroatoms. The summed E-state index contributed by atoms with van der Waals surface area (Å²) in [6.45, 7) is 0.910. The summed E-state index contributed by atoms with van der Waals surface area (Å²) in [5.41, 5.74) is 1.58. The van der Waals surface area contributed by atoms with Crippen LogP contribution in [0.4, 0.5) is 9.18 Å². The van der Waals surface area contributed by atoms with Gasteiger partial charge in [-0.3, -0.25) is 9.36 Å². The van der Waals surface area contributed by atoms with Crippen molar-refractivity contribution in [3.05, 3.63) is 77.2 Å². The second-order valence-corrected chi connectivity index (χ2v) is 8.79. The van der Waals surface area contributed by atoms with Gasteiger partial charge in [-0.2, -0.15) is 5.10 Å². The van der Waals surface area contributed by atoms with E-state index in [-0.39, 0.29) is 24.0 Å². The van der Waals surface area contributed by atoms with Crippen LogP contribution < -0.4 is 10.9 Å². The SMILES string of the molecule is CNC(=O)N1CCC(O)(Cn2cnc3c(cnn3-c3ccc(-c4ccc(F)cc4)cc3)c2=O)CC1. The highest BCUT2D eigenvalue weighted by atomic mass is 19.1. The van der Waals surface area contributed by atoms with Crippen molar-refractivity contribution in [3.63, 3.8) is 0 Å². The Morgan fingerprint density at radius 3 is 2.34 bits per heavy atom. The van der Waals surface area contributed by atoms with Gasteiger partial charge in [0.25, 0.3) is 5.56 Å². The van der Waals surface area contributed by atoms with E-state index in [0.717, 1.165) is 16.8 Å². The van der Waals surface area contributed by atoms with Gasteiger partial charge in [-0.05, 0) is 48.2 Å². The lowest BCUT2D eigenvalue weighted by molar-refractivity contribution is -0.0264. The van der Waals surface area contributed by atoms with Crippen LogP contribution in [0, 0.1) is 5.82 Å². The molecule has 180 valence electrons. The standard InChI is InChI=1S/C25H25FN6O3/c1-27-24(34)30-12-10-25(35,11-13-30)15-31-16-28-22-21(23(31)33)14-29-32(22)20-8-4-18(5-9-20)17-2-6-19(26)7-3-17/h2-9,14,16,35H,10-13,15H2,1H3,(H,27,34). The van der Waals surface area contributed by atoms with Gasteiger partial charge in [-0.25, -0.2) is 18.9 Å². The topological polar surface area (TPSA) is 105 Å². The van der Waals surface area contributed by atoms with E-state index < -0.39 is 5.60 Å². The fourth-order valence-electron chi connectivity index (χ4n) is 4.45. The van der Waals surface area contributed by atoms with Crippen LogP contribution in [0.15, 0.2) is 65.8 Å². The minimum absolute atomic E-state index is 0.0912. The first-order valence-electron chi connectivity index (χ1n) is 11.4. The maximum absolute atomic E-state index is 13.2. The Labute approximate surface area is 200 Å². The Morgan fingerprint density at radius 1 is 1.09 bits per heavy atom. The average Bonchev–Trinajstić information content (AvgIpc) is 3.31. The third-order valence-electron chi connectivity index (χ3n) is 6.50. The second-order valence-electron chi connectivity index (χ2n) is 8.79. The van der Waals surface area contributed by atoms with Crippen molar-refractivity contribution in [2.24, 2.45) is 0 Å². The molecule has 2 aromatic carbocycles. The van der Waals surface area contributed by atoms with Gasteiger partial charge in [-0.15, -0.1) is 0 Å². The zero-order valence-corrected chi connectivity index (χ0v) is 19.2. The molecule has 0 bridgehead atoms. The maximum atomic E-state index is 13.2. The zero-order valence-electron chi connectivity index (χ0n) is 19.2. The zero-order chi connectivity index (χ0) is 24.6.